The summed E-state index contributed by atoms with van der Waals surface area (Å²) in [5, 5.41) is 11.9. The largest absolute Gasteiger partial charge is 0.368 e. The average molecular weight is 264 g/mol. The van der Waals surface area contributed by atoms with Gasteiger partial charge in [0.2, 0.25) is 5.95 Å². The van der Waals surface area contributed by atoms with E-state index in [4.69, 9.17) is 5.73 Å². The van der Waals surface area contributed by atoms with Crippen LogP contribution in [0.3, 0.4) is 0 Å². The summed E-state index contributed by atoms with van der Waals surface area (Å²) >= 11 is 1.91. The highest BCUT2D eigenvalue weighted by Crippen LogP contribution is 2.31. The summed E-state index contributed by atoms with van der Waals surface area (Å²) in [4.78, 5) is 8.41. The van der Waals surface area contributed by atoms with E-state index in [0.717, 1.165) is 11.2 Å². The van der Waals surface area contributed by atoms with E-state index in [2.05, 4.69) is 31.7 Å². The first-order valence-electron chi connectivity index (χ1n) is 6.04. The van der Waals surface area contributed by atoms with Crippen molar-refractivity contribution in [1.82, 2.24) is 20.2 Å². The molecule has 3 rings (SSSR count). The molecule has 1 aliphatic carbocycles. The number of hydrogen-bond acceptors (Lipinski definition) is 6. The molecule has 2 heterocycles. The summed E-state index contributed by atoms with van der Waals surface area (Å²) in [5.41, 5.74) is 6.39. The molecule has 18 heavy (non-hydrogen) atoms. The van der Waals surface area contributed by atoms with Crippen LogP contribution in [-0.4, -0.2) is 37.7 Å². The molecule has 2 aromatic rings. The van der Waals surface area contributed by atoms with E-state index in [1.807, 2.05) is 11.8 Å². The lowest BCUT2D eigenvalue weighted by molar-refractivity contribution is 0.765. The smallest absolute Gasteiger partial charge is 0.224 e. The van der Waals surface area contributed by atoms with Crippen molar-refractivity contribution >= 4 is 34.6 Å². The fraction of sp³-hybridized carbons (Fsp3) is 0.545. The number of nitrogen functional groups attached to an aromatic ring is 1. The van der Waals surface area contributed by atoms with Crippen LogP contribution in [0.25, 0.3) is 11.0 Å². The maximum atomic E-state index is 5.71. The summed E-state index contributed by atoms with van der Waals surface area (Å²) in [5.74, 6) is 1.06. The molecule has 2 aromatic heterocycles. The van der Waals surface area contributed by atoms with Gasteiger partial charge in [-0.3, -0.25) is 5.10 Å². The average Bonchev–Trinajstić information content (AvgIpc) is 2.96. The summed E-state index contributed by atoms with van der Waals surface area (Å²) in [6, 6.07) is 0.451. The van der Waals surface area contributed by atoms with Crippen molar-refractivity contribution in [1.29, 1.82) is 0 Å². The molecule has 1 fully saturated rings. The van der Waals surface area contributed by atoms with Crippen molar-refractivity contribution < 1.29 is 0 Å². The van der Waals surface area contributed by atoms with Gasteiger partial charge >= 0.3 is 0 Å². The Labute approximate surface area is 109 Å². The van der Waals surface area contributed by atoms with Crippen LogP contribution in [0.2, 0.25) is 0 Å². The lowest BCUT2D eigenvalue weighted by atomic mass is 10.2. The number of aromatic amines is 1. The molecule has 2 unspecified atom stereocenters. The van der Waals surface area contributed by atoms with Gasteiger partial charge < -0.3 is 11.1 Å². The van der Waals surface area contributed by atoms with Gasteiger partial charge in [0.25, 0.3) is 0 Å². The van der Waals surface area contributed by atoms with Crippen LogP contribution >= 0.6 is 11.8 Å². The van der Waals surface area contributed by atoms with Gasteiger partial charge in [-0.05, 0) is 19.1 Å². The number of rotatable bonds is 3. The predicted molar refractivity (Wildman–Crippen MR) is 74.7 cm³/mol. The SMILES string of the molecule is CSC1CCCC1Nc1nc(N)nc2[nH]ncc12. The van der Waals surface area contributed by atoms with E-state index in [1.54, 1.807) is 6.20 Å². The van der Waals surface area contributed by atoms with Crippen LogP contribution in [0.1, 0.15) is 19.3 Å². The predicted octanol–water partition coefficient (Wildman–Crippen LogP) is 1.63. The zero-order valence-electron chi connectivity index (χ0n) is 10.2. The van der Waals surface area contributed by atoms with Crippen LogP contribution in [0.15, 0.2) is 6.20 Å². The number of thioether (sulfide) groups is 1. The Kier molecular flexibility index (Phi) is 2.99. The summed E-state index contributed by atoms with van der Waals surface area (Å²) < 4.78 is 0. The maximum Gasteiger partial charge on any atom is 0.224 e. The zero-order chi connectivity index (χ0) is 12.5. The topological polar surface area (TPSA) is 92.5 Å². The molecule has 0 spiro atoms. The second-order valence-electron chi connectivity index (χ2n) is 4.52. The van der Waals surface area contributed by atoms with Gasteiger partial charge in [0, 0.05) is 11.3 Å². The summed E-state index contributed by atoms with van der Waals surface area (Å²) in [6.45, 7) is 0. The van der Waals surface area contributed by atoms with Gasteiger partial charge in [0.1, 0.15) is 5.82 Å². The molecule has 6 nitrogen and oxygen atoms in total. The molecular weight excluding hydrogens is 248 g/mol. The number of anilines is 2. The van der Waals surface area contributed by atoms with Crippen LogP contribution in [0, 0.1) is 0 Å². The first kappa shape index (κ1) is 11.6. The Hall–Kier alpha value is -1.50. The number of nitrogens with zero attached hydrogens (tertiary/aromatic N) is 3. The first-order chi connectivity index (χ1) is 8.78. The molecular formula is C11H16N6S. The van der Waals surface area contributed by atoms with Crippen molar-refractivity contribution in [3.8, 4) is 0 Å². The Morgan fingerprint density at radius 2 is 2.33 bits per heavy atom. The zero-order valence-corrected chi connectivity index (χ0v) is 11.0. The minimum atomic E-state index is 0.271. The molecule has 0 aliphatic heterocycles. The van der Waals surface area contributed by atoms with E-state index >= 15 is 0 Å². The van der Waals surface area contributed by atoms with Crippen molar-refractivity contribution in [2.45, 2.75) is 30.6 Å². The number of hydrogen-bond donors (Lipinski definition) is 3. The van der Waals surface area contributed by atoms with E-state index in [1.165, 1.54) is 19.3 Å². The minimum absolute atomic E-state index is 0.271. The van der Waals surface area contributed by atoms with Crippen molar-refractivity contribution in [2.24, 2.45) is 0 Å². The third-order valence-electron chi connectivity index (χ3n) is 3.40. The van der Waals surface area contributed by atoms with Crippen LogP contribution in [0.4, 0.5) is 11.8 Å². The summed E-state index contributed by atoms with van der Waals surface area (Å²) in [7, 11) is 0. The van der Waals surface area contributed by atoms with E-state index in [9.17, 15) is 0 Å². The summed E-state index contributed by atoms with van der Waals surface area (Å²) in [6.07, 6.45) is 7.59. The van der Waals surface area contributed by atoms with Gasteiger partial charge in [-0.2, -0.15) is 26.8 Å². The van der Waals surface area contributed by atoms with Gasteiger partial charge in [-0.15, -0.1) is 0 Å². The number of fused-ring (bicyclic) bond motifs is 1. The molecule has 0 radical (unpaired) electrons. The molecule has 0 aromatic carbocycles. The van der Waals surface area contributed by atoms with E-state index in [-0.39, 0.29) is 5.95 Å². The normalized spacial score (nSPS) is 23.6. The Bertz CT molecular complexity index is 553. The van der Waals surface area contributed by atoms with Crippen LogP contribution in [0.5, 0.6) is 0 Å². The standard InChI is InChI=1S/C11H16N6S/c1-18-8-4-2-3-7(8)14-9-6-5-13-17-10(6)16-11(12)15-9/h5,7-8H,2-4H2,1H3,(H4,12,13,14,15,16,17). The van der Waals surface area contributed by atoms with E-state index < -0.39 is 0 Å². The lowest BCUT2D eigenvalue weighted by Crippen LogP contribution is -2.26. The number of H-pyrrole nitrogens is 1. The third kappa shape index (κ3) is 1.98. The third-order valence-corrected chi connectivity index (χ3v) is 4.57. The highest BCUT2D eigenvalue weighted by molar-refractivity contribution is 7.99. The molecule has 0 bridgehead atoms. The molecule has 1 aliphatic rings. The fourth-order valence-corrected chi connectivity index (χ4v) is 3.45. The number of nitrogens with two attached hydrogens (primary N) is 1. The van der Waals surface area contributed by atoms with Gasteiger partial charge in [0.05, 0.1) is 11.6 Å². The molecule has 1 saturated carbocycles. The second kappa shape index (κ2) is 4.64. The monoisotopic (exact) mass is 264 g/mol. The molecule has 0 saturated heterocycles. The highest BCUT2D eigenvalue weighted by atomic mass is 32.2. The molecule has 4 N–H and O–H groups in total. The maximum absolute atomic E-state index is 5.71. The van der Waals surface area contributed by atoms with Crippen molar-refractivity contribution in [3.63, 3.8) is 0 Å². The van der Waals surface area contributed by atoms with Crippen molar-refractivity contribution in [3.05, 3.63) is 6.20 Å². The van der Waals surface area contributed by atoms with Gasteiger partial charge in [0.15, 0.2) is 5.65 Å². The van der Waals surface area contributed by atoms with Crippen LogP contribution in [-0.2, 0) is 0 Å². The Morgan fingerprint density at radius 1 is 1.44 bits per heavy atom. The second-order valence-corrected chi connectivity index (χ2v) is 5.60. The highest BCUT2D eigenvalue weighted by Gasteiger charge is 2.27. The van der Waals surface area contributed by atoms with E-state index in [0.29, 0.717) is 16.9 Å². The molecule has 7 heteroatoms. The minimum Gasteiger partial charge on any atom is -0.368 e. The van der Waals surface area contributed by atoms with Crippen LogP contribution < -0.4 is 11.1 Å². The van der Waals surface area contributed by atoms with Gasteiger partial charge in [-0.25, -0.2) is 0 Å². The lowest BCUT2D eigenvalue weighted by Gasteiger charge is -2.20. The first-order valence-corrected chi connectivity index (χ1v) is 7.32. The molecule has 2 atom stereocenters. The van der Waals surface area contributed by atoms with Gasteiger partial charge in [-0.1, -0.05) is 6.42 Å². The fourth-order valence-electron chi connectivity index (χ4n) is 2.51. The number of aromatic nitrogens is 4. The number of nitrogens with one attached hydrogen (secondary N) is 2. The quantitative estimate of drug-likeness (QED) is 0.780. The van der Waals surface area contributed by atoms with Crippen molar-refractivity contribution in [2.75, 3.05) is 17.3 Å². The Morgan fingerprint density at radius 3 is 3.17 bits per heavy atom. The molecule has 96 valence electrons. The molecule has 0 amide bonds. The Balaban J connectivity index is 1.92.